The summed E-state index contributed by atoms with van der Waals surface area (Å²) in [5, 5.41) is 6.26. The number of anilines is 1. The quantitative estimate of drug-likeness (QED) is 0.781. The van der Waals surface area contributed by atoms with Crippen LogP contribution in [0.1, 0.15) is 5.56 Å². The van der Waals surface area contributed by atoms with Crippen molar-refractivity contribution in [3.8, 4) is 16.3 Å². The van der Waals surface area contributed by atoms with Crippen LogP contribution in [0.2, 0.25) is 0 Å². The first kappa shape index (κ1) is 12.8. The van der Waals surface area contributed by atoms with Crippen LogP contribution < -0.4 is 5.73 Å². The van der Waals surface area contributed by atoms with Crippen LogP contribution in [-0.2, 0) is 0 Å². The van der Waals surface area contributed by atoms with E-state index in [1.165, 1.54) is 34.3 Å². The van der Waals surface area contributed by atoms with Crippen LogP contribution in [-0.4, -0.2) is 9.78 Å². The summed E-state index contributed by atoms with van der Waals surface area (Å²) in [6, 6.07) is 5.31. The number of nitrogen functional groups attached to an aromatic ring is 1. The minimum Gasteiger partial charge on any atom is -0.396 e. The maximum Gasteiger partial charge on any atom is 0.151 e. The van der Waals surface area contributed by atoms with Crippen molar-refractivity contribution in [1.82, 2.24) is 9.78 Å². The Morgan fingerprint density at radius 1 is 1.25 bits per heavy atom. The van der Waals surface area contributed by atoms with Gasteiger partial charge in [0.2, 0.25) is 0 Å². The standard InChI is InChI=1S/C14H11F2N3S/c1-8-4-5-20-14(8)13-11(17)7-19(18-13)12-3-2-9(15)6-10(12)16/h2-7H,17H2,1H3. The Labute approximate surface area is 118 Å². The van der Waals surface area contributed by atoms with Gasteiger partial charge < -0.3 is 5.73 Å². The van der Waals surface area contributed by atoms with Gasteiger partial charge in [0.25, 0.3) is 0 Å². The number of benzene rings is 1. The first-order valence-electron chi connectivity index (χ1n) is 5.91. The maximum absolute atomic E-state index is 13.8. The van der Waals surface area contributed by atoms with Crippen molar-refractivity contribution in [2.75, 3.05) is 5.73 Å². The third-order valence-corrected chi connectivity index (χ3v) is 4.00. The van der Waals surface area contributed by atoms with Gasteiger partial charge in [0.15, 0.2) is 5.82 Å². The van der Waals surface area contributed by atoms with Gasteiger partial charge in [-0.1, -0.05) is 0 Å². The first-order chi connectivity index (χ1) is 9.56. The lowest BCUT2D eigenvalue weighted by molar-refractivity contribution is 0.574. The number of aromatic nitrogens is 2. The van der Waals surface area contributed by atoms with Crippen molar-refractivity contribution < 1.29 is 8.78 Å². The van der Waals surface area contributed by atoms with Crippen LogP contribution in [0.5, 0.6) is 0 Å². The Balaban J connectivity index is 2.11. The Morgan fingerprint density at radius 3 is 2.70 bits per heavy atom. The van der Waals surface area contributed by atoms with E-state index in [1.807, 2.05) is 18.4 Å². The van der Waals surface area contributed by atoms with Crippen LogP contribution in [0.4, 0.5) is 14.5 Å². The molecular formula is C14H11F2N3S. The molecule has 2 aromatic heterocycles. The molecule has 0 bridgehead atoms. The second-order valence-corrected chi connectivity index (χ2v) is 5.32. The van der Waals surface area contributed by atoms with Gasteiger partial charge >= 0.3 is 0 Å². The van der Waals surface area contributed by atoms with E-state index in [9.17, 15) is 8.78 Å². The Hall–Kier alpha value is -2.21. The molecule has 0 saturated carbocycles. The number of nitrogens with zero attached hydrogens (tertiary/aromatic N) is 2. The minimum absolute atomic E-state index is 0.165. The Kier molecular flexibility index (Phi) is 3.02. The van der Waals surface area contributed by atoms with E-state index in [1.54, 1.807) is 0 Å². The van der Waals surface area contributed by atoms with Crippen LogP contribution in [0.3, 0.4) is 0 Å². The second kappa shape index (κ2) is 4.72. The van der Waals surface area contributed by atoms with E-state index < -0.39 is 11.6 Å². The summed E-state index contributed by atoms with van der Waals surface area (Å²) in [5.74, 6) is -1.30. The summed E-state index contributed by atoms with van der Waals surface area (Å²) in [6.45, 7) is 1.96. The van der Waals surface area contributed by atoms with Crippen LogP contribution in [0, 0.1) is 18.6 Å². The summed E-state index contributed by atoms with van der Waals surface area (Å²) in [5.41, 5.74) is 8.24. The van der Waals surface area contributed by atoms with E-state index in [2.05, 4.69) is 5.10 Å². The number of thiophene rings is 1. The van der Waals surface area contributed by atoms with Gasteiger partial charge in [-0.2, -0.15) is 5.10 Å². The van der Waals surface area contributed by atoms with Crippen LogP contribution in [0.15, 0.2) is 35.8 Å². The largest absolute Gasteiger partial charge is 0.396 e. The van der Waals surface area contributed by atoms with Gasteiger partial charge in [0.05, 0.1) is 16.8 Å². The molecule has 0 amide bonds. The smallest absolute Gasteiger partial charge is 0.151 e. The van der Waals surface area contributed by atoms with Crippen molar-refractivity contribution in [1.29, 1.82) is 0 Å². The van der Waals surface area contributed by atoms with Gasteiger partial charge in [0.1, 0.15) is 17.2 Å². The fraction of sp³-hybridized carbons (Fsp3) is 0.0714. The third-order valence-electron chi connectivity index (χ3n) is 2.98. The summed E-state index contributed by atoms with van der Waals surface area (Å²) < 4.78 is 28.0. The highest BCUT2D eigenvalue weighted by molar-refractivity contribution is 7.13. The molecule has 20 heavy (non-hydrogen) atoms. The highest BCUT2D eigenvalue weighted by Gasteiger charge is 2.15. The molecule has 0 saturated heterocycles. The average Bonchev–Trinajstić information content (AvgIpc) is 2.95. The molecule has 0 aliphatic rings. The number of aryl methyl sites for hydroxylation is 1. The summed E-state index contributed by atoms with van der Waals surface area (Å²) in [7, 11) is 0. The van der Waals surface area contributed by atoms with Crippen molar-refractivity contribution in [2.24, 2.45) is 0 Å². The first-order valence-corrected chi connectivity index (χ1v) is 6.79. The van der Waals surface area contributed by atoms with E-state index in [0.29, 0.717) is 11.4 Å². The fourth-order valence-corrected chi connectivity index (χ4v) is 2.90. The molecule has 3 nitrogen and oxygen atoms in total. The van der Waals surface area contributed by atoms with Gasteiger partial charge in [-0.3, -0.25) is 0 Å². The molecule has 2 N–H and O–H groups in total. The predicted octanol–water partition coefficient (Wildman–Crippen LogP) is 3.77. The highest BCUT2D eigenvalue weighted by atomic mass is 32.1. The van der Waals surface area contributed by atoms with Crippen molar-refractivity contribution >= 4 is 17.0 Å². The normalized spacial score (nSPS) is 10.9. The molecule has 0 aliphatic heterocycles. The molecule has 0 spiro atoms. The van der Waals surface area contributed by atoms with Crippen molar-refractivity contribution in [3.63, 3.8) is 0 Å². The SMILES string of the molecule is Cc1ccsc1-c1nn(-c2ccc(F)cc2F)cc1N. The molecule has 0 radical (unpaired) electrons. The molecule has 102 valence electrons. The summed E-state index contributed by atoms with van der Waals surface area (Å²) >= 11 is 1.52. The lowest BCUT2D eigenvalue weighted by Crippen LogP contribution is -1.99. The average molecular weight is 291 g/mol. The van der Waals surface area contributed by atoms with Crippen molar-refractivity contribution in [3.05, 3.63) is 53.0 Å². The molecule has 1 aromatic carbocycles. The number of hydrogen-bond acceptors (Lipinski definition) is 3. The van der Waals surface area contributed by atoms with Crippen LogP contribution in [0.25, 0.3) is 16.3 Å². The lowest BCUT2D eigenvalue weighted by Gasteiger charge is -2.02. The van der Waals surface area contributed by atoms with Crippen LogP contribution >= 0.6 is 11.3 Å². The Morgan fingerprint density at radius 2 is 2.05 bits per heavy atom. The maximum atomic E-state index is 13.8. The highest BCUT2D eigenvalue weighted by Crippen LogP contribution is 2.32. The Bertz CT molecular complexity index is 777. The molecule has 0 fully saturated rings. The zero-order valence-electron chi connectivity index (χ0n) is 10.6. The zero-order chi connectivity index (χ0) is 14.3. The third kappa shape index (κ3) is 2.08. The molecule has 0 unspecified atom stereocenters. The van der Waals surface area contributed by atoms with Gasteiger partial charge in [-0.05, 0) is 36.1 Å². The molecule has 3 aromatic rings. The fourth-order valence-electron chi connectivity index (χ4n) is 1.97. The molecule has 0 atom stereocenters. The predicted molar refractivity (Wildman–Crippen MR) is 75.9 cm³/mol. The van der Waals surface area contributed by atoms with E-state index in [0.717, 1.165) is 16.5 Å². The number of halogens is 2. The van der Waals surface area contributed by atoms with E-state index >= 15 is 0 Å². The van der Waals surface area contributed by atoms with Gasteiger partial charge in [0, 0.05) is 6.07 Å². The topological polar surface area (TPSA) is 43.8 Å². The van der Waals surface area contributed by atoms with E-state index in [-0.39, 0.29) is 5.69 Å². The minimum atomic E-state index is -0.679. The number of rotatable bonds is 2. The lowest BCUT2D eigenvalue weighted by atomic mass is 10.2. The number of hydrogen-bond donors (Lipinski definition) is 1. The second-order valence-electron chi connectivity index (χ2n) is 4.41. The molecule has 3 rings (SSSR count). The monoisotopic (exact) mass is 291 g/mol. The van der Waals surface area contributed by atoms with Gasteiger partial charge in [-0.15, -0.1) is 11.3 Å². The van der Waals surface area contributed by atoms with E-state index in [4.69, 9.17) is 5.73 Å². The summed E-state index contributed by atoms with van der Waals surface area (Å²) in [4.78, 5) is 0.948. The molecular weight excluding hydrogens is 280 g/mol. The molecule has 6 heteroatoms. The van der Waals surface area contributed by atoms with Gasteiger partial charge in [-0.25, -0.2) is 13.5 Å². The number of nitrogens with two attached hydrogens (primary N) is 1. The molecule has 2 heterocycles. The zero-order valence-corrected chi connectivity index (χ0v) is 11.4. The molecule has 0 aliphatic carbocycles. The van der Waals surface area contributed by atoms with Crippen molar-refractivity contribution in [2.45, 2.75) is 6.92 Å². The summed E-state index contributed by atoms with van der Waals surface area (Å²) in [6.07, 6.45) is 1.53.